The van der Waals surface area contributed by atoms with Crippen LogP contribution in [0.2, 0.25) is 0 Å². The fourth-order valence-corrected chi connectivity index (χ4v) is 3.54. The van der Waals surface area contributed by atoms with Crippen LogP contribution < -0.4 is 5.32 Å². The first-order chi connectivity index (χ1) is 13.2. The molecule has 1 N–H and O–H groups in total. The quantitative estimate of drug-likeness (QED) is 0.596. The van der Waals surface area contributed by atoms with E-state index in [1.165, 1.54) is 11.8 Å². The lowest BCUT2D eigenvalue weighted by atomic mass is 10.1. The number of hydrogen-bond acceptors (Lipinski definition) is 5. The number of hydrogen-bond donors (Lipinski definition) is 1. The first-order valence-corrected chi connectivity index (χ1v) is 10.1. The van der Waals surface area contributed by atoms with E-state index in [2.05, 4.69) is 34.3 Å². The van der Waals surface area contributed by atoms with Crippen LogP contribution in [0.25, 0.3) is 11.5 Å². The molecule has 0 radical (unpaired) electrons. The van der Waals surface area contributed by atoms with Crippen LogP contribution in [0.15, 0.2) is 53.8 Å². The second-order valence-corrected chi connectivity index (χ2v) is 6.96. The van der Waals surface area contributed by atoms with Crippen LogP contribution in [0.1, 0.15) is 25.8 Å². The summed E-state index contributed by atoms with van der Waals surface area (Å²) in [6, 6.07) is 13.6. The van der Waals surface area contributed by atoms with E-state index in [0.717, 1.165) is 47.3 Å². The molecular weight excluding hydrogens is 358 g/mol. The van der Waals surface area contributed by atoms with E-state index in [1.807, 2.05) is 47.0 Å². The van der Waals surface area contributed by atoms with Gasteiger partial charge in [-0.15, -0.1) is 10.2 Å². The van der Waals surface area contributed by atoms with Gasteiger partial charge in [0.1, 0.15) is 5.69 Å². The van der Waals surface area contributed by atoms with Crippen molar-refractivity contribution in [2.75, 3.05) is 11.1 Å². The van der Waals surface area contributed by atoms with Gasteiger partial charge >= 0.3 is 0 Å². The molecule has 0 bridgehead atoms. The third-order valence-electron chi connectivity index (χ3n) is 4.06. The Labute approximate surface area is 163 Å². The number of carbonyl (C=O) groups is 1. The molecule has 7 heteroatoms. The first kappa shape index (κ1) is 19.1. The topological polar surface area (TPSA) is 72.7 Å². The second kappa shape index (κ2) is 9.32. The lowest BCUT2D eigenvalue weighted by Crippen LogP contribution is -2.15. The Kier molecular flexibility index (Phi) is 6.59. The zero-order valence-corrected chi connectivity index (χ0v) is 16.4. The number of aryl methyl sites for hydroxylation is 1. The number of nitrogens with one attached hydrogen (secondary N) is 1. The van der Waals surface area contributed by atoms with Crippen molar-refractivity contribution in [3.8, 4) is 11.5 Å². The Morgan fingerprint density at radius 1 is 1.11 bits per heavy atom. The predicted molar refractivity (Wildman–Crippen MR) is 109 cm³/mol. The molecule has 0 aliphatic rings. The molecule has 0 aliphatic heterocycles. The van der Waals surface area contributed by atoms with Gasteiger partial charge in [0.25, 0.3) is 0 Å². The Morgan fingerprint density at radius 2 is 1.93 bits per heavy atom. The number of amides is 1. The summed E-state index contributed by atoms with van der Waals surface area (Å²) in [7, 11) is 0. The van der Waals surface area contributed by atoms with Gasteiger partial charge in [0.2, 0.25) is 5.91 Å². The summed E-state index contributed by atoms with van der Waals surface area (Å²) in [5, 5.41) is 12.3. The Hall–Kier alpha value is -2.67. The average Bonchev–Trinajstić information content (AvgIpc) is 3.10. The maximum absolute atomic E-state index is 12.4. The number of rotatable bonds is 8. The minimum absolute atomic E-state index is 0.0497. The van der Waals surface area contributed by atoms with Gasteiger partial charge in [-0.3, -0.25) is 9.78 Å². The fourth-order valence-electron chi connectivity index (χ4n) is 2.77. The zero-order valence-electron chi connectivity index (χ0n) is 15.6. The minimum atomic E-state index is -0.0497. The molecule has 140 valence electrons. The standard InChI is InChI=1S/C20H23N5OS/c1-3-13-25-19(17-11-7-8-12-21-17)23-24-20(25)27-14-18(26)22-16-10-6-5-9-15(16)4-2/h5-12H,3-4,13-14H2,1-2H3,(H,22,26). The molecule has 0 saturated carbocycles. The molecule has 3 aromatic rings. The summed E-state index contributed by atoms with van der Waals surface area (Å²) in [5.74, 6) is 0.963. The van der Waals surface area contributed by atoms with E-state index in [9.17, 15) is 4.79 Å². The number of anilines is 1. The average molecular weight is 382 g/mol. The van der Waals surface area contributed by atoms with E-state index >= 15 is 0 Å². The van der Waals surface area contributed by atoms with E-state index < -0.39 is 0 Å². The monoisotopic (exact) mass is 381 g/mol. The van der Waals surface area contributed by atoms with Crippen molar-refractivity contribution in [1.82, 2.24) is 19.7 Å². The molecule has 3 rings (SSSR count). The molecule has 1 amide bonds. The summed E-state index contributed by atoms with van der Waals surface area (Å²) in [4.78, 5) is 16.8. The van der Waals surface area contributed by atoms with Crippen molar-refractivity contribution in [2.45, 2.75) is 38.4 Å². The zero-order chi connectivity index (χ0) is 19.1. The highest BCUT2D eigenvalue weighted by molar-refractivity contribution is 7.99. The predicted octanol–water partition coefficient (Wildman–Crippen LogP) is 4.04. The minimum Gasteiger partial charge on any atom is -0.325 e. The molecule has 6 nitrogen and oxygen atoms in total. The van der Waals surface area contributed by atoms with Crippen molar-refractivity contribution in [3.63, 3.8) is 0 Å². The second-order valence-electron chi connectivity index (χ2n) is 6.02. The van der Waals surface area contributed by atoms with Crippen LogP contribution in [0.5, 0.6) is 0 Å². The molecule has 0 saturated heterocycles. The fraction of sp³-hybridized carbons (Fsp3) is 0.300. The van der Waals surface area contributed by atoms with E-state index in [1.54, 1.807) is 6.20 Å². The van der Waals surface area contributed by atoms with Crippen LogP contribution in [0.3, 0.4) is 0 Å². The summed E-state index contributed by atoms with van der Waals surface area (Å²) in [6.45, 7) is 4.96. The third-order valence-corrected chi connectivity index (χ3v) is 5.03. The molecule has 0 aliphatic carbocycles. The summed E-state index contributed by atoms with van der Waals surface area (Å²) < 4.78 is 2.03. The Bertz CT molecular complexity index is 894. The number of carbonyl (C=O) groups excluding carboxylic acids is 1. The van der Waals surface area contributed by atoms with Crippen LogP contribution in [-0.4, -0.2) is 31.4 Å². The van der Waals surface area contributed by atoms with Gasteiger partial charge < -0.3 is 9.88 Å². The van der Waals surface area contributed by atoms with Gasteiger partial charge in [-0.2, -0.15) is 0 Å². The Morgan fingerprint density at radius 3 is 2.67 bits per heavy atom. The number of thioether (sulfide) groups is 1. The molecular formula is C20H23N5OS. The first-order valence-electron chi connectivity index (χ1n) is 9.08. The van der Waals surface area contributed by atoms with Crippen LogP contribution >= 0.6 is 11.8 Å². The van der Waals surface area contributed by atoms with Crippen LogP contribution in [0, 0.1) is 0 Å². The number of para-hydroxylation sites is 1. The van der Waals surface area contributed by atoms with E-state index in [0.29, 0.717) is 0 Å². The molecule has 2 aromatic heterocycles. The van der Waals surface area contributed by atoms with Gasteiger partial charge in [0.05, 0.1) is 5.75 Å². The third kappa shape index (κ3) is 4.74. The number of benzene rings is 1. The molecule has 0 spiro atoms. The van der Waals surface area contributed by atoms with Gasteiger partial charge in [0.15, 0.2) is 11.0 Å². The highest BCUT2D eigenvalue weighted by Crippen LogP contribution is 2.23. The maximum atomic E-state index is 12.4. The SMILES string of the molecule is CCCn1c(SCC(=O)Nc2ccccc2CC)nnc1-c1ccccn1. The van der Waals surface area contributed by atoms with Crippen molar-refractivity contribution >= 4 is 23.4 Å². The van der Waals surface area contributed by atoms with Crippen molar-refractivity contribution < 1.29 is 4.79 Å². The van der Waals surface area contributed by atoms with E-state index in [-0.39, 0.29) is 11.7 Å². The molecule has 27 heavy (non-hydrogen) atoms. The molecule has 0 fully saturated rings. The summed E-state index contributed by atoms with van der Waals surface area (Å²) in [6.07, 6.45) is 3.56. The highest BCUT2D eigenvalue weighted by Gasteiger charge is 2.16. The smallest absolute Gasteiger partial charge is 0.234 e. The van der Waals surface area contributed by atoms with Crippen LogP contribution in [0.4, 0.5) is 5.69 Å². The number of nitrogens with zero attached hydrogens (tertiary/aromatic N) is 4. The van der Waals surface area contributed by atoms with Crippen LogP contribution in [-0.2, 0) is 17.8 Å². The van der Waals surface area contributed by atoms with Gasteiger partial charge in [0, 0.05) is 18.4 Å². The van der Waals surface area contributed by atoms with Crippen molar-refractivity contribution in [1.29, 1.82) is 0 Å². The van der Waals surface area contributed by atoms with Crippen molar-refractivity contribution in [2.24, 2.45) is 0 Å². The van der Waals surface area contributed by atoms with Gasteiger partial charge in [-0.25, -0.2) is 0 Å². The lowest BCUT2D eigenvalue weighted by molar-refractivity contribution is -0.113. The normalized spacial score (nSPS) is 10.7. The molecule has 0 unspecified atom stereocenters. The highest BCUT2D eigenvalue weighted by atomic mass is 32.2. The maximum Gasteiger partial charge on any atom is 0.234 e. The summed E-state index contributed by atoms with van der Waals surface area (Å²) in [5.41, 5.74) is 2.78. The number of pyridine rings is 1. The lowest BCUT2D eigenvalue weighted by Gasteiger charge is -2.10. The van der Waals surface area contributed by atoms with Gasteiger partial charge in [-0.1, -0.05) is 49.9 Å². The summed E-state index contributed by atoms with van der Waals surface area (Å²) >= 11 is 1.39. The van der Waals surface area contributed by atoms with E-state index in [4.69, 9.17) is 0 Å². The van der Waals surface area contributed by atoms with Crippen molar-refractivity contribution in [3.05, 3.63) is 54.2 Å². The molecule has 1 aromatic carbocycles. The number of aromatic nitrogens is 4. The molecule has 2 heterocycles. The Balaban J connectivity index is 1.70. The van der Waals surface area contributed by atoms with Gasteiger partial charge in [-0.05, 0) is 36.6 Å². The molecule has 0 atom stereocenters. The largest absolute Gasteiger partial charge is 0.325 e.